The van der Waals surface area contributed by atoms with Gasteiger partial charge in [-0.3, -0.25) is 0 Å². The summed E-state index contributed by atoms with van der Waals surface area (Å²) < 4.78 is 1.78. The number of nitriles is 1. The molecule has 1 rings (SSSR count). The van der Waals surface area contributed by atoms with E-state index in [0.717, 1.165) is 14.5 Å². The Labute approximate surface area is 87.6 Å². The van der Waals surface area contributed by atoms with Crippen LogP contribution in [0.4, 0.5) is 0 Å². The van der Waals surface area contributed by atoms with Crippen molar-refractivity contribution in [3.63, 3.8) is 0 Å². The fraction of sp³-hybridized carbons (Fsp3) is 0.125. The predicted octanol–water partition coefficient (Wildman–Crippen LogP) is 2.54. The second-order valence-corrected chi connectivity index (χ2v) is 3.85. The lowest BCUT2D eigenvalue weighted by Crippen LogP contribution is -2.00. The van der Waals surface area contributed by atoms with E-state index in [1.807, 2.05) is 6.07 Å². The smallest absolute Gasteiger partial charge is 0.0995 e. The summed E-state index contributed by atoms with van der Waals surface area (Å²) in [6.45, 7) is 0.364. The third-order valence-electron chi connectivity index (χ3n) is 1.52. The van der Waals surface area contributed by atoms with Crippen LogP contribution in [0.25, 0.3) is 0 Å². The molecule has 0 radical (unpaired) electrons. The van der Waals surface area contributed by atoms with E-state index in [2.05, 4.69) is 37.9 Å². The zero-order chi connectivity index (χ0) is 9.14. The van der Waals surface area contributed by atoms with E-state index in [1.54, 1.807) is 6.07 Å². The molecule has 0 unspecified atom stereocenters. The largest absolute Gasteiger partial charge is 0.326 e. The maximum absolute atomic E-state index is 8.72. The van der Waals surface area contributed by atoms with Gasteiger partial charge in [0.05, 0.1) is 11.6 Å². The van der Waals surface area contributed by atoms with Crippen LogP contribution in [-0.2, 0) is 6.54 Å². The van der Waals surface area contributed by atoms with Gasteiger partial charge in [0.1, 0.15) is 0 Å². The second kappa shape index (κ2) is 4.04. The molecule has 0 amide bonds. The molecule has 0 bridgehead atoms. The molecular weight excluding hydrogens is 284 g/mol. The topological polar surface area (TPSA) is 49.8 Å². The molecule has 0 aromatic heterocycles. The Kier molecular flexibility index (Phi) is 3.27. The minimum absolute atomic E-state index is 0.364. The molecule has 62 valence electrons. The van der Waals surface area contributed by atoms with Crippen LogP contribution < -0.4 is 5.73 Å². The zero-order valence-electron chi connectivity index (χ0n) is 6.14. The number of hydrogen-bond donors (Lipinski definition) is 1. The van der Waals surface area contributed by atoms with E-state index in [1.165, 1.54) is 0 Å². The van der Waals surface area contributed by atoms with Crippen molar-refractivity contribution >= 4 is 31.9 Å². The fourth-order valence-electron chi connectivity index (χ4n) is 0.897. The van der Waals surface area contributed by atoms with E-state index in [-0.39, 0.29) is 0 Å². The molecule has 0 aliphatic rings. The first-order valence-corrected chi connectivity index (χ1v) is 4.86. The van der Waals surface area contributed by atoms with Crippen LogP contribution in [-0.4, -0.2) is 0 Å². The maximum Gasteiger partial charge on any atom is 0.0995 e. The van der Waals surface area contributed by atoms with Crippen molar-refractivity contribution in [2.75, 3.05) is 0 Å². The Bertz CT molecular complexity index is 342. The van der Waals surface area contributed by atoms with E-state index < -0.39 is 0 Å². The quantitative estimate of drug-likeness (QED) is 0.864. The summed E-state index contributed by atoms with van der Waals surface area (Å²) in [6.07, 6.45) is 0. The highest BCUT2D eigenvalue weighted by Crippen LogP contribution is 2.28. The molecule has 0 fully saturated rings. The van der Waals surface area contributed by atoms with Gasteiger partial charge in [0, 0.05) is 15.5 Å². The molecule has 4 heteroatoms. The average molecular weight is 290 g/mol. The van der Waals surface area contributed by atoms with Gasteiger partial charge in [0.15, 0.2) is 0 Å². The van der Waals surface area contributed by atoms with Gasteiger partial charge in [-0.15, -0.1) is 0 Å². The SMILES string of the molecule is N#Cc1ccc(Br)c(Br)c1CN. The van der Waals surface area contributed by atoms with Gasteiger partial charge in [0.25, 0.3) is 0 Å². The molecule has 0 saturated carbocycles. The van der Waals surface area contributed by atoms with Crippen LogP contribution in [0.2, 0.25) is 0 Å². The van der Waals surface area contributed by atoms with Crippen LogP contribution in [0.15, 0.2) is 21.1 Å². The molecule has 2 nitrogen and oxygen atoms in total. The molecule has 0 heterocycles. The Morgan fingerprint density at radius 2 is 2.08 bits per heavy atom. The molecule has 0 saturated heterocycles. The maximum atomic E-state index is 8.72. The number of hydrogen-bond acceptors (Lipinski definition) is 2. The molecule has 0 atom stereocenters. The molecule has 0 aliphatic heterocycles. The van der Waals surface area contributed by atoms with Crippen molar-refractivity contribution in [1.82, 2.24) is 0 Å². The van der Waals surface area contributed by atoms with Crippen molar-refractivity contribution in [3.8, 4) is 6.07 Å². The summed E-state index contributed by atoms with van der Waals surface area (Å²) in [7, 11) is 0. The van der Waals surface area contributed by atoms with Crippen molar-refractivity contribution in [1.29, 1.82) is 5.26 Å². The number of benzene rings is 1. The number of rotatable bonds is 1. The minimum Gasteiger partial charge on any atom is -0.326 e. The van der Waals surface area contributed by atoms with Gasteiger partial charge in [-0.2, -0.15) is 5.26 Å². The van der Waals surface area contributed by atoms with Crippen molar-refractivity contribution in [2.45, 2.75) is 6.54 Å². The van der Waals surface area contributed by atoms with Crippen LogP contribution in [0.3, 0.4) is 0 Å². The van der Waals surface area contributed by atoms with Crippen LogP contribution >= 0.6 is 31.9 Å². The van der Waals surface area contributed by atoms with Gasteiger partial charge in [-0.1, -0.05) is 0 Å². The third-order valence-corrected chi connectivity index (χ3v) is 3.62. The summed E-state index contributed by atoms with van der Waals surface area (Å²) in [5.41, 5.74) is 6.95. The summed E-state index contributed by atoms with van der Waals surface area (Å²) in [4.78, 5) is 0. The van der Waals surface area contributed by atoms with Gasteiger partial charge >= 0.3 is 0 Å². The third kappa shape index (κ3) is 1.69. The van der Waals surface area contributed by atoms with E-state index in [4.69, 9.17) is 11.0 Å². The minimum atomic E-state index is 0.364. The zero-order valence-corrected chi connectivity index (χ0v) is 9.31. The molecule has 0 aliphatic carbocycles. The van der Waals surface area contributed by atoms with Crippen LogP contribution in [0, 0.1) is 11.3 Å². The highest BCUT2D eigenvalue weighted by atomic mass is 79.9. The lowest BCUT2D eigenvalue weighted by molar-refractivity contribution is 1.05. The first-order chi connectivity index (χ1) is 5.70. The Morgan fingerprint density at radius 1 is 1.42 bits per heavy atom. The summed E-state index contributed by atoms with van der Waals surface area (Å²) in [6, 6.07) is 5.65. The Morgan fingerprint density at radius 3 is 2.58 bits per heavy atom. The first kappa shape index (κ1) is 9.72. The van der Waals surface area contributed by atoms with E-state index in [9.17, 15) is 0 Å². The first-order valence-electron chi connectivity index (χ1n) is 3.27. The standard InChI is InChI=1S/C8H6Br2N2/c9-7-2-1-5(3-11)6(4-12)8(7)10/h1-2H,4,12H2. The summed E-state index contributed by atoms with van der Waals surface area (Å²) in [5.74, 6) is 0. The molecule has 0 spiro atoms. The molecule has 1 aromatic carbocycles. The van der Waals surface area contributed by atoms with Gasteiger partial charge < -0.3 is 5.73 Å². The summed E-state index contributed by atoms with van der Waals surface area (Å²) in [5, 5.41) is 8.72. The highest BCUT2D eigenvalue weighted by Gasteiger charge is 2.07. The number of nitrogens with zero attached hydrogens (tertiary/aromatic N) is 1. The van der Waals surface area contributed by atoms with Gasteiger partial charge in [-0.25, -0.2) is 0 Å². The number of halogens is 2. The van der Waals surface area contributed by atoms with E-state index >= 15 is 0 Å². The normalized spacial score (nSPS) is 9.50. The molecule has 1 aromatic rings. The Balaban J connectivity index is 3.38. The number of nitrogens with two attached hydrogens (primary N) is 1. The van der Waals surface area contributed by atoms with Crippen molar-refractivity contribution in [2.24, 2.45) is 5.73 Å². The Hall–Kier alpha value is -0.370. The predicted molar refractivity (Wildman–Crippen MR) is 54.4 cm³/mol. The van der Waals surface area contributed by atoms with Crippen LogP contribution in [0.1, 0.15) is 11.1 Å². The average Bonchev–Trinajstić information content (AvgIpc) is 2.09. The molecule has 2 N–H and O–H groups in total. The second-order valence-electron chi connectivity index (χ2n) is 2.20. The van der Waals surface area contributed by atoms with Crippen molar-refractivity contribution in [3.05, 3.63) is 32.2 Å². The monoisotopic (exact) mass is 288 g/mol. The summed E-state index contributed by atoms with van der Waals surface area (Å²) >= 11 is 6.69. The van der Waals surface area contributed by atoms with Gasteiger partial charge in [-0.05, 0) is 49.6 Å². The van der Waals surface area contributed by atoms with E-state index in [0.29, 0.717) is 12.1 Å². The van der Waals surface area contributed by atoms with Crippen molar-refractivity contribution < 1.29 is 0 Å². The van der Waals surface area contributed by atoms with Crippen LogP contribution in [0.5, 0.6) is 0 Å². The molecular formula is C8H6Br2N2. The lowest BCUT2D eigenvalue weighted by atomic mass is 10.1. The lowest BCUT2D eigenvalue weighted by Gasteiger charge is -2.04. The molecule has 12 heavy (non-hydrogen) atoms. The fourth-order valence-corrected chi connectivity index (χ4v) is 1.78. The van der Waals surface area contributed by atoms with Gasteiger partial charge in [0.2, 0.25) is 0 Å². The highest BCUT2D eigenvalue weighted by molar-refractivity contribution is 9.13.